The lowest BCUT2D eigenvalue weighted by atomic mass is 10.3. The molecule has 0 spiro atoms. The molecule has 0 aromatic carbocycles. The zero-order valence-corrected chi connectivity index (χ0v) is 13.8. The fourth-order valence-corrected chi connectivity index (χ4v) is 3.16. The van der Waals surface area contributed by atoms with Crippen molar-refractivity contribution in [3.05, 3.63) is 34.5 Å². The first-order valence-electron chi connectivity index (χ1n) is 7.62. The van der Waals surface area contributed by atoms with Gasteiger partial charge in [0.05, 0.1) is 12.3 Å². The van der Waals surface area contributed by atoms with Gasteiger partial charge in [0, 0.05) is 50.5 Å². The molecule has 3 heterocycles. The van der Waals surface area contributed by atoms with Crippen molar-refractivity contribution < 1.29 is 9.53 Å². The highest BCUT2D eigenvalue weighted by Gasteiger charge is 2.20. The SMILES string of the molecule is CCOC(=O)c1nc(CN2CCN(c3ncccn3)CC2)cs1. The maximum atomic E-state index is 11.6. The minimum atomic E-state index is -0.338. The van der Waals surface area contributed by atoms with Crippen molar-refractivity contribution in [3.63, 3.8) is 0 Å². The summed E-state index contributed by atoms with van der Waals surface area (Å²) < 4.78 is 4.97. The number of ether oxygens (including phenoxy) is 1. The van der Waals surface area contributed by atoms with Crippen LogP contribution in [0.5, 0.6) is 0 Å². The topological polar surface area (TPSA) is 71.5 Å². The van der Waals surface area contributed by atoms with Gasteiger partial charge in [0.25, 0.3) is 0 Å². The van der Waals surface area contributed by atoms with Crippen molar-refractivity contribution in [2.75, 3.05) is 37.7 Å². The van der Waals surface area contributed by atoms with E-state index in [4.69, 9.17) is 4.74 Å². The number of thiazole rings is 1. The Kier molecular flexibility index (Phi) is 5.14. The number of hydrogen-bond acceptors (Lipinski definition) is 8. The Balaban J connectivity index is 1.52. The van der Waals surface area contributed by atoms with E-state index in [0.29, 0.717) is 11.6 Å². The van der Waals surface area contributed by atoms with Gasteiger partial charge >= 0.3 is 5.97 Å². The second kappa shape index (κ2) is 7.47. The van der Waals surface area contributed by atoms with Gasteiger partial charge in [-0.05, 0) is 13.0 Å². The van der Waals surface area contributed by atoms with E-state index in [-0.39, 0.29) is 5.97 Å². The molecule has 0 radical (unpaired) electrons. The molecule has 0 bridgehead atoms. The third-order valence-corrected chi connectivity index (χ3v) is 4.47. The number of esters is 1. The molecule has 3 rings (SSSR count). The van der Waals surface area contributed by atoms with Crippen LogP contribution in [0.2, 0.25) is 0 Å². The maximum absolute atomic E-state index is 11.6. The van der Waals surface area contributed by atoms with Crippen LogP contribution in [0.15, 0.2) is 23.8 Å². The molecule has 0 saturated carbocycles. The van der Waals surface area contributed by atoms with Crippen LogP contribution in [0.1, 0.15) is 22.4 Å². The lowest BCUT2D eigenvalue weighted by molar-refractivity contribution is 0.0525. The molecule has 8 heteroatoms. The molecule has 2 aromatic heterocycles. The second-order valence-electron chi connectivity index (χ2n) is 5.18. The smallest absolute Gasteiger partial charge is 0.367 e. The van der Waals surface area contributed by atoms with E-state index in [0.717, 1.165) is 44.4 Å². The summed E-state index contributed by atoms with van der Waals surface area (Å²) >= 11 is 1.34. The summed E-state index contributed by atoms with van der Waals surface area (Å²) in [6.07, 6.45) is 3.53. The summed E-state index contributed by atoms with van der Waals surface area (Å²) in [7, 11) is 0. The van der Waals surface area contributed by atoms with E-state index >= 15 is 0 Å². The van der Waals surface area contributed by atoms with Crippen LogP contribution in [0.25, 0.3) is 0 Å². The third-order valence-electron chi connectivity index (χ3n) is 3.59. The van der Waals surface area contributed by atoms with Crippen LogP contribution in [0, 0.1) is 0 Å². The number of anilines is 1. The van der Waals surface area contributed by atoms with Gasteiger partial charge in [-0.2, -0.15) is 0 Å². The molecule has 1 fully saturated rings. The molecule has 0 atom stereocenters. The lowest BCUT2D eigenvalue weighted by Crippen LogP contribution is -2.46. The molecule has 2 aromatic rings. The average molecular weight is 333 g/mol. The Morgan fingerprint density at radius 3 is 2.70 bits per heavy atom. The Labute approximate surface area is 138 Å². The minimum Gasteiger partial charge on any atom is -0.461 e. The van der Waals surface area contributed by atoms with E-state index in [2.05, 4.69) is 24.8 Å². The summed E-state index contributed by atoms with van der Waals surface area (Å²) in [5.41, 5.74) is 0.919. The van der Waals surface area contributed by atoms with Crippen molar-refractivity contribution in [1.29, 1.82) is 0 Å². The Morgan fingerprint density at radius 2 is 2.00 bits per heavy atom. The standard InChI is InChI=1S/C15H19N5O2S/c1-2-22-14(21)13-18-12(11-23-13)10-19-6-8-20(9-7-19)15-16-4-3-5-17-15/h3-5,11H,2,6-10H2,1H3. The Bertz CT molecular complexity index is 640. The first-order chi connectivity index (χ1) is 11.3. The van der Waals surface area contributed by atoms with Gasteiger partial charge in [-0.1, -0.05) is 0 Å². The second-order valence-corrected chi connectivity index (χ2v) is 6.03. The molecule has 7 nitrogen and oxygen atoms in total. The predicted octanol–water partition coefficient (Wildman–Crippen LogP) is 1.43. The molecule has 1 saturated heterocycles. The van der Waals surface area contributed by atoms with Crippen molar-refractivity contribution in [3.8, 4) is 0 Å². The quantitative estimate of drug-likeness (QED) is 0.767. The van der Waals surface area contributed by atoms with E-state index < -0.39 is 0 Å². The van der Waals surface area contributed by atoms with Crippen molar-refractivity contribution in [2.24, 2.45) is 0 Å². The number of piperazine rings is 1. The van der Waals surface area contributed by atoms with E-state index in [1.165, 1.54) is 11.3 Å². The first kappa shape index (κ1) is 15.8. The first-order valence-corrected chi connectivity index (χ1v) is 8.50. The normalized spacial score (nSPS) is 15.6. The van der Waals surface area contributed by atoms with Gasteiger partial charge in [0.1, 0.15) is 0 Å². The van der Waals surface area contributed by atoms with Crippen LogP contribution >= 0.6 is 11.3 Å². The van der Waals surface area contributed by atoms with Gasteiger partial charge in [0.2, 0.25) is 11.0 Å². The fourth-order valence-electron chi connectivity index (χ4n) is 2.46. The van der Waals surface area contributed by atoms with E-state index in [1.54, 1.807) is 19.3 Å². The van der Waals surface area contributed by atoms with Gasteiger partial charge in [0.15, 0.2) is 0 Å². The molecule has 0 aliphatic carbocycles. The monoisotopic (exact) mass is 333 g/mol. The van der Waals surface area contributed by atoms with E-state index in [9.17, 15) is 4.79 Å². The molecule has 0 unspecified atom stereocenters. The van der Waals surface area contributed by atoms with Crippen LogP contribution in [0.4, 0.5) is 5.95 Å². The van der Waals surface area contributed by atoms with Crippen LogP contribution in [-0.4, -0.2) is 58.6 Å². The number of carbonyl (C=O) groups is 1. The molecule has 0 N–H and O–H groups in total. The van der Waals surface area contributed by atoms with Gasteiger partial charge in [-0.25, -0.2) is 19.7 Å². The minimum absolute atomic E-state index is 0.338. The number of hydrogen-bond donors (Lipinski definition) is 0. The van der Waals surface area contributed by atoms with E-state index in [1.807, 2.05) is 11.4 Å². The van der Waals surface area contributed by atoms with Gasteiger partial charge in [-0.15, -0.1) is 11.3 Å². The summed E-state index contributed by atoms with van der Waals surface area (Å²) in [5.74, 6) is 0.445. The Morgan fingerprint density at radius 1 is 1.26 bits per heavy atom. The number of nitrogens with zero attached hydrogens (tertiary/aromatic N) is 5. The molecule has 1 aliphatic rings. The molecule has 1 aliphatic heterocycles. The number of carbonyl (C=O) groups excluding carboxylic acids is 1. The van der Waals surface area contributed by atoms with Crippen molar-refractivity contribution >= 4 is 23.3 Å². The predicted molar refractivity (Wildman–Crippen MR) is 87.6 cm³/mol. The van der Waals surface area contributed by atoms with Crippen LogP contribution in [-0.2, 0) is 11.3 Å². The van der Waals surface area contributed by atoms with Gasteiger partial charge in [-0.3, -0.25) is 4.90 Å². The zero-order valence-electron chi connectivity index (χ0n) is 13.0. The number of rotatable bonds is 5. The number of aromatic nitrogens is 3. The third kappa shape index (κ3) is 4.02. The summed E-state index contributed by atoms with van der Waals surface area (Å²) in [6.45, 7) is 6.53. The molecular weight excluding hydrogens is 314 g/mol. The Hall–Kier alpha value is -2.06. The average Bonchev–Trinajstić information content (AvgIpc) is 3.05. The zero-order chi connectivity index (χ0) is 16.1. The molecular formula is C15H19N5O2S. The van der Waals surface area contributed by atoms with Crippen LogP contribution in [0.3, 0.4) is 0 Å². The van der Waals surface area contributed by atoms with Crippen molar-refractivity contribution in [1.82, 2.24) is 19.9 Å². The molecule has 122 valence electrons. The molecule has 23 heavy (non-hydrogen) atoms. The lowest BCUT2D eigenvalue weighted by Gasteiger charge is -2.34. The highest BCUT2D eigenvalue weighted by molar-refractivity contribution is 7.11. The van der Waals surface area contributed by atoms with Crippen molar-refractivity contribution in [2.45, 2.75) is 13.5 Å². The summed E-state index contributed by atoms with van der Waals surface area (Å²) in [5, 5.41) is 2.36. The van der Waals surface area contributed by atoms with Crippen LogP contribution < -0.4 is 4.90 Å². The molecule has 0 amide bonds. The van der Waals surface area contributed by atoms with Gasteiger partial charge < -0.3 is 9.64 Å². The summed E-state index contributed by atoms with van der Waals surface area (Å²) in [4.78, 5) is 29.1. The summed E-state index contributed by atoms with van der Waals surface area (Å²) in [6, 6.07) is 1.82. The highest BCUT2D eigenvalue weighted by atomic mass is 32.1. The fraction of sp³-hybridized carbons (Fsp3) is 0.467. The maximum Gasteiger partial charge on any atom is 0.367 e. The largest absolute Gasteiger partial charge is 0.461 e. The highest BCUT2D eigenvalue weighted by Crippen LogP contribution is 2.15.